The van der Waals surface area contributed by atoms with Gasteiger partial charge >= 0.3 is 0 Å². The number of morpholine rings is 1. The molecule has 1 aliphatic rings. The molecule has 0 amide bonds. The summed E-state index contributed by atoms with van der Waals surface area (Å²) in [5.74, 6) is 5.72. The summed E-state index contributed by atoms with van der Waals surface area (Å²) in [6, 6.07) is 7.69. The van der Waals surface area contributed by atoms with E-state index in [1.54, 1.807) is 0 Å². The van der Waals surface area contributed by atoms with E-state index in [0.717, 1.165) is 43.2 Å². The number of nitrogens with one attached hydrogen (secondary N) is 1. The van der Waals surface area contributed by atoms with E-state index in [2.05, 4.69) is 17.2 Å². The third-order valence-corrected chi connectivity index (χ3v) is 3.85. The predicted octanol–water partition coefficient (Wildman–Crippen LogP) is 1.96. The topological polar surface area (TPSA) is 50.5 Å². The van der Waals surface area contributed by atoms with E-state index in [9.17, 15) is 0 Å². The van der Waals surface area contributed by atoms with Crippen molar-refractivity contribution in [2.24, 2.45) is 5.84 Å². The van der Waals surface area contributed by atoms with Crippen LogP contribution < -0.4 is 11.3 Å². The second kappa shape index (κ2) is 7.22. The van der Waals surface area contributed by atoms with Crippen molar-refractivity contribution in [3.63, 3.8) is 0 Å². The normalized spacial score (nSPS) is 22.4. The molecule has 106 valence electrons. The Morgan fingerprint density at radius 1 is 1.53 bits per heavy atom. The molecule has 19 heavy (non-hydrogen) atoms. The largest absolute Gasteiger partial charge is 0.374 e. The van der Waals surface area contributed by atoms with Crippen molar-refractivity contribution in [2.75, 3.05) is 26.2 Å². The third-order valence-electron chi connectivity index (χ3n) is 3.51. The fourth-order valence-electron chi connectivity index (χ4n) is 2.58. The van der Waals surface area contributed by atoms with Crippen molar-refractivity contribution in [1.29, 1.82) is 0 Å². The number of hydrogen-bond donors (Lipinski definition) is 2. The molecule has 0 saturated carbocycles. The lowest BCUT2D eigenvalue weighted by Crippen LogP contribution is -2.49. The van der Waals surface area contributed by atoms with Crippen LogP contribution in [-0.4, -0.2) is 37.2 Å². The number of hydrazine groups is 1. The number of ether oxygens (including phenoxy) is 1. The average molecular weight is 284 g/mol. The molecular formula is C14H22ClN3O. The molecule has 0 bridgehead atoms. The molecule has 1 heterocycles. The number of nitrogens with zero attached hydrogens (tertiary/aromatic N) is 1. The second-order valence-electron chi connectivity index (χ2n) is 4.88. The van der Waals surface area contributed by atoms with E-state index in [-0.39, 0.29) is 12.1 Å². The quantitative estimate of drug-likeness (QED) is 0.641. The highest BCUT2D eigenvalue weighted by atomic mass is 35.5. The van der Waals surface area contributed by atoms with Gasteiger partial charge < -0.3 is 4.74 Å². The maximum atomic E-state index is 6.25. The summed E-state index contributed by atoms with van der Waals surface area (Å²) < 4.78 is 5.87. The minimum atomic E-state index is -0.0756. The standard InChI is InChI=1S/C14H22ClN3O/c1-2-7-18-8-9-19-13(10-18)14(17-16)11-5-3-4-6-12(11)15/h3-6,13-14,17H,2,7-10,16H2,1H3. The van der Waals surface area contributed by atoms with E-state index in [1.807, 2.05) is 24.3 Å². The maximum absolute atomic E-state index is 6.25. The van der Waals surface area contributed by atoms with Crippen molar-refractivity contribution < 1.29 is 4.74 Å². The van der Waals surface area contributed by atoms with Crippen molar-refractivity contribution in [3.05, 3.63) is 34.9 Å². The predicted molar refractivity (Wildman–Crippen MR) is 78.0 cm³/mol. The Balaban J connectivity index is 2.11. The Morgan fingerprint density at radius 2 is 2.32 bits per heavy atom. The smallest absolute Gasteiger partial charge is 0.0910 e. The van der Waals surface area contributed by atoms with Gasteiger partial charge in [-0.3, -0.25) is 16.2 Å². The van der Waals surface area contributed by atoms with Crippen LogP contribution in [0.1, 0.15) is 24.9 Å². The summed E-state index contributed by atoms with van der Waals surface area (Å²) in [4.78, 5) is 2.41. The van der Waals surface area contributed by atoms with Gasteiger partial charge in [0.15, 0.2) is 0 Å². The Kier molecular flexibility index (Phi) is 5.60. The molecule has 0 radical (unpaired) electrons. The molecule has 2 rings (SSSR count). The number of rotatable bonds is 5. The van der Waals surface area contributed by atoms with E-state index in [4.69, 9.17) is 22.2 Å². The van der Waals surface area contributed by atoms with Crippen LogP contribution in [0.2, 0.25) is 5.02 Å². The Hall–Kier alpha value is -0.650. The molecule has 1 aromatic carbocycles. The average Bonchev–Trinajstić information content (AvgIpc) is 2.43. The Morgan fingerprint density at radius 3 is 3.00 bits per heavy atom. The first-order chi connectivity index (χ1) is 9.26. The molecule has 3 N–H and O–H groups in total. The van der Waals surface area contributed by atoms with Crippen LogP contribution in [0, 0.1) is 0 Å². The minimum Gasteiger partial charge on any atom is -0.374 e. The van der Waals surface area contributed by atoms with Gasteiger partial charge in [0, 0.05) is 18.1 Å². The van der Waals surface area contributed by atoms with Gasteiger partial charge in [-0.15, -0.1) is 0 Å². The molecule has 5 heteroatoms. The highest BCUT2D eigenvalue weighted by Crippen LogP contribution is 2.27. The van der Waals surface area contributed by atoms with E-state index in [0.29, 0.717) is 0 Å². The minimum absolute atomic E-state index is 0.0326. The van der Waals surface area contributed by atoms with Gasteiger partial charge in [-0.2, -0.15) is 0 Å². The molecular weight excluding hydrogens is 262 g/mol. The lowest BCUT2D eigenvalue weighted by atomic mass is 10.0. The second-order valence-corrected chi connectivity index (χ2v) is 5.28. The molecule has 1 aromatic rings. The summed E-state index contributed by atoms with van der Waals surface area (Å²) in [6.07, 6.45) is 1.18. The summed E-state index contributed by atoms with van der Waals surface area (Å²) in [5, 5.41) is 0.724. The summed E-state index contributed by atoms with van der Waals surface area (Å²) >= 11 is 6.25. The van der Waals surface area contributed by atoms with Crippen LogP contribution in [0.4, 0.5) is 0 Å². The number of benzene rings is 1. The molecule has 4 nitrogen and oxygen atoms in total. The van der Waals surface area contributed by atoms with E-state index in [1.165, 1.54) is 0 Å². The Labute approximate surface area is 119 Å². The highest BCUT2D eigenvalue weighted by Gasteiger charge is 2.29. The molecule has 2 atom stereocenters. The van der Waals surface area contributed by atoms with Crippen molar-refractivity contribution in [1.82, 2.24) is 10.3 Å². The Bertz CT molecular complexity index is 400. The fourth-order valence-corrected chi connectivity index (χ4v) is 2.83. The highest BCUT2D eigenvalue weighted by molar-refractivity contribution is 6.31. The molecule has 0 spiro atoms. The van der Waals surface area contributed by atoms with Gasteiger partial charge in [-0.05, 0) is 24.6 Å². The summed E-state index contributed by atoms with van der Waals surface area (Å²) in [7, 11) is 0. The van der Waals surface area contributed by atoms with Crippen LogP contribution in [0.15, 0.2) is 24.3 Å². The SMILES string of the molecule is CCCN1CCOC(C(NN)c2ccccc2Cl)C1. The van der Waals surface area contributed by atoms with Crippen molar-refractivity contribution in [3.8, 4) is 0 Å². The fraction of sp³-hybridized carbons (Fsp3) is 0.571. The van der Waals surface area contributed by atoms with Gasteiger partial charge in [0.05, 0.1) is 18.8 Å². The third kappa shape index (κ3) is 3.68. The van der Waals surface area contributed by atoms with Gasteiger partial charge in [-0.1, -0.05) is 36.7 Å². The first kappa shape index (κ1) is 14.8. The monoisotopic (exact) mass is 283 g/mol. The first-order valence-electron chi connectivity index (χ1n) is 6.80. The van der Waals surface area contributed by atoms with E-state index < -0.39 is 0 Å². The molecule has 1 aliphatic heterocycles. The number of nitrogens with two attached hydrogens (primary N) is 1. The van der Waals surface area contributed by atoms with Crippen LogP contribution >= 0.6 is 11.6 Å². The van der Waals surface area contributed by atoms with Gasteiger partial charge in [0.2, 0.25) is 0 Å². The van der Waals surface area contributed by atoms with Gasteiger partial charge in [-0.25, -0.2) is 0 Å². The van der Waals surface area contributed by atoms with E-state index >= 15 is 0 Å². The van der Waals surface area contributed by atoms with Crippen LogP contribution in [0.5, 0.6) is 0 Å². The van der Waals surface area contributed by atoms with Gasteiger partial charge in [0.25, 0.3) is 0 Å². The van der Waals surface area contributed by atoms with Crippen LogP contribution in [0.25, 0.3) is 0 Å². The molecule has 0 aromatic heterocycles. The lowest BCUT2D eigenvalue weighted by molar-refractivity contribution is -0.0470. The molecule has 1 saturated heterocycles. The lowest BCUT2D eigenvalue weighted by Gasteiger charge is -2.37. The van der Waals surface area contributed by atoms with Crippen molar-refractivity contribution >= 4 is 11.6 Å². The molecule has 0 aliphatic carbocycles. The zero-order valence-electron chi connectivity index (χ0n) is 11.3. The maximum Gasteiger partial charge on any atom is 0.0910 e. The van der Waals surface area contributed by atoms with Crippen LogP contribution in [-0.2, 0) is 4.74 Å². The number of halogens is 1. The van der Waals surface area contributed by atoms with Crippen LogP contribution in [0.3, 0.4) is 0 Å². The zero-order chi connectivity index (χ0) is 13.7. The summed E-state index contributed by atoms with van der Waals surface area (Å²) in [5.41, 5.74) is 3.85. The number of hydrogen-bond acceptors (Lipinski definition) is 4. The summed E-state index contributed by atoms with van der Waals surface area (Å²) in [6.45, 7) is 5.91. The van der Waals surface area contributed by atoms with Gasteiger partial charge in [0.1, 0.15) is 0 Å². The molecule has 2 unspecified atom stereocenters. The zero-order valence-corrected chi connectivity index (χ0v) is 12.1. The molecule has 1 fully saturated rings. The van der Waals surface area contributed by atoms with Crippen molar-refractivity contribution in [2.45, 2.75) is 25.5 Å². The first-order valence-corrected chi connectivity index (χ1v) is 7.18.